The van der Waals surface area contributed by atoms with Crippen molar-refractivity contribution in [1.82, 2.24) is 0 Å². The van der Waals surface area contributed by atoms with E-state index in [-0.39, 0.29) is 19.5 Å². The van der Waals surface area contributed by atoms with Crippen molar-refractivity contribution in [1.29, 1.82) is 0 Å². The SMILES string of the molecule is C1=CN(c2ccccc2)c2c3c(ccc2=C1)=C(c1ccccc1)C=CN3.C1=CN(c2ccccc2)c2c3c(ccc2=C1)=C(c1ccccc1)C=CN3.C1=CN(c2ccccc2)c2c3c(ccc2=C1)=C(c1ccccc1)C=CN3.[Ru+2]. The molecule has 0 saturated carbocycles. The first kappa shape index (κ1) is 49.9. The average molecular weight is 1100 g/mol. The molecule has 6 heterocycles. The number of rotatable bonds is 6. The second-order valence-corrected chi connectivity index (χ2v) is 19.2. The summed E-state index contributed by atoms with van der Waals surface area (Å²) in [5.74, 6) is 0. The van der Waals surface area contributed by atoms with Gasteiger partial charge in [-0.1, -0.05) is 200 Å². The fourth-order valence-electron chi connectivity index (χ4n) is 11.0. The second kappa shape index (κ2) is 22.7. The van der Waals surface area contributed by atoms with Crippen molar-refractivity contribution < 1.29 is 19.5 Å². The Morgan fingerprint density at radius 3 is 0.785 bits per heavy atom. The van der Waals surface area contributed by atoms with E-state index in [2.05, 4.69) is 304 Å². The molecule has 378 valence electrons. The topological polar surface area (TPSA) is 45.8 Å². The van der Waals surface area contributed by atoms with Crippen LogP contribution in [0.5, 0.6) is 0 Å². The maximum Gasteiger partial charge on any atom is 2.00 e. The van der Waals surface area contributed by atoms with Gasteiger partial charge in [0.2, 0.25) is 0 Å². The third-order valence-electron chi connectivity index (χ3n) is 14.5. The Hall–Kier alpha value is -9.94. The summed E-state index contributed by atoms with van der Waals surface area (Å²) in [7, 11) is 0. The number of nitrogens with zero attached hydrogens (tertiary/aromatic N) is 3. The molecule has 0 spiro atoms. The van der Waals surface area contributed by atoms with Gasteiger partial charge in [-0.15, -0.1) is 0 Å². The van der Waals surface area contributed by atoms with Crippen LogP contribution in [0.15, 0.2) is 292 Å². The van der Waals surface area contributed by atoms with Gasteiger partial charge in [-0.2, -0.15) is 0 Å². The zero-order chi connectivity index (χ0) is 52.0. The van der Waals surface area contributed by atoms with Crippen LogP contribution in [-0.4, -0.2) is 0 Å². The van der Waals surface area contributed by atoms with Crippen molar-refractivity contribution in [3.05, 3.63) is 340 Å². The zero-order valence-corrected chi connectivity index (χ0v) is 44.9. The largest absolute Gasteiger partial charge is 2.00 e. The van der Waals surface area contributed by atoms with Crippen LogP contribution in [0.2, 0.25) is 0 Å². The van der Waals surface area contributed by atoms with Crippen LogP contribution in [0.1, 0.15) is 16.7 Å². The van der Waals surface area contributed by atoms with Crippen LogP contribution in [-0.2, 0) is 19.5 Å². The van der Waals surface area contributed by atoms with E-state index in [9.17, 15) is 0 Å². The molecule has 7 heteroatoms. The summed E-state index contributed by atoms with van der Waals surface area (Å²) >= 11 is 0. The summed E-state index contributed by atoms with van der Waals surface area (Å²) in [6.07, 6.45) is 31.7. The molecular formula is C72H54N6Ru+2. The summed E-state index contributed by atoms with van der Waals surface area (Å²) in [5.41, 5.74) is 17.9. The molecule has 0 unspecified atom stereocenters. The molecule has 0 aliphatic carbocycles. The molecule has 9 aromatic carbocycles. The number of anilines is 9. The van der Waals surface area contributed by atoms with E-state index in [0.29, 0.717) is 0 Å². The standard InChI is InChI=1S/3C24H18N2.Ru/c3*1-3-8-18(9-4-1)21-15-16-25-23-22(21)14-13-19-10-7-17-26(24(19)23)20-11-5-2-6-12-20;/h3*1-17,25H;/q;;;+2. The molecule has 9 aromatic rings. The zero-order valence-electron chi connectivity index (χ0n) is 43.1. The Kier molecular flexibility index (Phi) is 14.4. The van der Waals surface area contributed by atoms with Gasteiger partial charge in [0.1, 0.15) is 0 Å². The number of nitrogens with one attached hydrogen (secondary N) is 3. The summed E-state index contributed by atoms with van der Waals surface area (Å²) in [6.45, 7) is 0. The van der Waals surface area contributed by atoms with Crippen molar-refractivity contribution >= 4 is 86.1 Å². The van der Waals surface area contributed by atoms with Crippen molar-refractivity contribution in [2.75, 3.05) is 30.7 Å². The van der Waals surface area contributed by atoms with Crippen LogP contribution < -0.4 is 62.0 Å². The van der Waals surface area contributed by atoms with Gasteiger partial charge in [-0.05, 0) is 106 Å². The smallest absolute Gasteiger partial charge is 0.359 e. The number of fused-ring (bicyclic) bond motifs is 9. The van der Waals surface area contributed by atoms with E-state index < -0.39 is 0 Å². The molecule has 6 aliphatic rings. The van der Waals surface area contributed by atoms with E-state index in [1.165, 1.54) is 81.8 Å². The Morgan fingerprint density at radius 2 is 0.519 bits per heavy atom. The van der Waals surface area contributed by atoms with Crippen molar-refractivity contribution in [3.8, 4) is 0 Å². The van der Waals surface area contributed by atoms with Gasteiger partial charge < -0.3 is 30.7 Å². The minimum absolute atomic E-state index is 0. The Bertz CT molecular complexity index is 3880. The summed E-state index contributed by atoms with van der Waals surface area (Å²) in [6, 6.07) is 76.3. The quantitative estimate of drug-likeness (QED) is 0.144. The third-order valence-corrected chi connectivity index (χ3v) is 14.5. The van der Waals surface area contributed by atoms with Crippen LogP contribution in [0, 0.1) is 0 Å². The molecule has 6 nitrogen and oxygen atoms in total. The van der Waals surface area contributed by atoms with Gasteiger partial charge in [-0.3, -0.25) is 0 Å². The predicted octanol–water partition coefficient (Wildman–Crippen LogP) is 12.8. The fraction of sp³-hybridized carbons (Fsp3) is 0. The molecule has 0 atom stereocenters. The molecule has 0 bridgehead atoms. The Balaban J connectivity index is 0.000000118. The van der Waals surface area contributed by atoms with Crippen LogP contribution >= 0.6 is 0 Å². The second-order valence-electron chi connectivity index (χ2n) is 19.2. The first-order chi connectivity index (χ1) is 38.7. The van der Waals surface area contributed by atoms with Crippen LogP contribution in [0.3, 0.4) is 0 Å². The third kappa shape index (κ3) is 9.92. The van der Waals surface area contributed by atoms with Gasteiger partial charge in [0.25, 0.3) is 0 Å². The molecule has 0 radical (unpaired) electrons. The van der Waals surface area contributed by atoms with Gasteiger partial charge in [0.05, 0.1) is 34.1 Å². The number of allylic oxidation sites excluding steroid dienone is 6. The van der Waals surface area contributed by atoms with Gasteiger partial charge in [-0.25, -0.2) is 0 Å². The monoisotopic (exact) mass is 1100 g/mol. The van der Waals surface area contributed by atoms with Gasteiger partial charge in [0.15, 0.2) is 0 Å². The van der Waals surface area contributed by atoms with Gasteiger partial charge >= 0.3 is 19.5 Å². The van der Waals surface area contributed by atoms with Crippen molar-refractivity contribution in [2.24, 2.45) is 0 Å². The summed E-state index contributed by atoms with van der Waals surface area (Å²) < 4.78 is 0. The Morgan fingerprint density at radius 1 is 0.266 bits per heavy atom. The first-order valence-corrected chi connectivity index (χ1v) is 26.4. The van der Waals surface area contributed by atoms with E-state index in [0.717, 1.165) is 34.1 Å². The molecule has 0 saturated heterocycles. The van der Waals surface area contributed by atoms with Crippen molar-refractivity contribution in [3.63, 3.8) is 0 Å². The van der Waals surface area contributed by atoms with Crippen molar-refractivity contribution in [2.45, 2.75) is 0 Å². The predicted molar refractivity (Wildman–Crippen MR) is 329 cm³/mol. The number of hydrogen-bond donors (Lipinski definition) is 3. The minimum Gasteiger partial charge on any atom is -0.359 e. The van der Waals surface area contributed by atoms with Gasteiger partial charge in [0, 0.05) is 85.6 Å². The van der Waals surface area contributed by atoms with E-state index in [1.807, 2.05) is 36.8 Å². The maximum atomic E-state index is 3.49. The molecular weight excluding hydrogens is 1050 g/mol. The van der Waals surface area contributed by atoms with E-state index >= 15 is 0 Å². The molecule has 0 aromatic heterocycles. The minimum atomic E-state index is 0. The van der Waals surface area contributed by atoms with E-state index in [1.54, 1.807) is 0 Å². The van der Waals surface area contributed by atoms with Crippen LogP contribution in [0.25, 0.3) is 34.9 Å². The normalized spacial score (nSPS) is 14.1. The molecule has 0 amide bonds. The van der Waals surface area contributed by atoms with Crippen LogP contribution in [0.4, 0.5) is 51.2 Å². The number of hydrogen-bond acceptors (Lipinski definition) is 6. The Labute approximate surface area is 473 Å². The molecule has 79 heavy (non-hydrogen) atoms. The number of benzene rings is 9. The maximum absolute atomic E-state index is 3.49. The molecule has 15 rings (SSSR count). The summed E-state index contributed by atoms with van der Waals surface area (Å²) in [4.78, 5) is 6.76. The van der Waals surface area contributed by atoms with E-state index in [4.69, 9.17) is 0 Å². The fourth-order valence-corrected chi connectivity index (χ4v) is 11.0. The molecule has 3 N–H and O–H groups in total. The molecule has 0 fully saturated rings. The number of para-hydroxylation sites is 3. The summed E-state index contributed by atoms with van der Waals surface area (Å²) in [5, 5.41) is 17.8. The average Bonchev–Trinajstić information content (AvgIpc) is 3.60. The first-order valence-electron chi connectivity index (χ1n) is 26.4. The molecule has 6 aliphatic heterocycles.